The van der Waals surface area contributed by atoms with Crippen molar-refractivity contribution in [1.29, 1.82) is 0 Å². The number of aldehydes is 1. The van der Waals surface area contributed by atoms with Crippen molar-refractivity contribution in [3.05, 3.63) is 28.2 Å². The second-order valence-corrected chi connectivity index (χ2v) is 5.53. The average Bonchev–Trinajstić information content (AvgIpc) is 2.37. The summed E-state index contributed by atoms with van der Waals surface area (Å²) < 4.78 is 6.22. The number of carbonyl (C=O) groups excluding carboxylic acids is 2. The zero-order chi connectivity index (χ0) is 14.4. The van der Waals surface area contributed by atoms with E-state index >= 15 is 0 Å². The molecule has 1 aromatic carbocycles. The van der Waals surface area contributed by atoms with E-state index in [0.29, 0.717) is 34.5 Å². The SMILES string of the molecule is CC(C)CNC(=O)C(C)Oc1c(Br)cccc1C=O. The summed E-state index contributed by atoms with van der Waals surface area (Å²) in [6.45, 7) is 6.29. The molecule has 1 unspecified atom stereocenters. The standard InChI is InChI=1S/C14H18BrNO3/c1-9(2)7-16-14(18)10(3)19-13-11(8-17)5-4-6-12(13)15/h4-6,8-10H,7H2,1-3H3,(H,16,18). The predicted octanol–water partition coefficient (Wildman–Crippen LogP) is 2.80. The fraction of sp³-hybridized carbons (Fsp3) is 0.429. The van der Waals surface area contributed by atoms with E-state index < -0.39 is 6.10 Å². The quantitative estimate of drug-likeness (QED) is 0.817. The number of rotatable bonds is 6. The third-order valence-electron chi connectivity index (χ3n) is 2.47. The van der Waals surface area contributed by atoms with E-state index in [1.54, 1.807) is 25.1 Å². The molecule has 0 saturated carbocycles. The number of carbonyl (C=O) groups is 2. The van der Waals surface area contributed by atoms with Gasteiger partial charge in [0.15, 0.2) is 12.4 Å². The van der Waals surface area contributed by atoms with Gasteiger partial charge in [-0.05, 0) is 40.9 Å². The third-order valence-corrected chi connectivity index (χ3v) is 3.10. The van der Waals surface area contributed by atoms with Crippen molar-refractivity contribution in [3.8, 4) is 5.75 Å². The van der Waals surface area contributed by atoms with Crippen LogP contribution in [0.3, 0.4) is 0 Å². The van der Waals surface area contributed by atoms with Crippen LogP contribution in [0.5, 0.6) is 5.75 Å². The number of hydrogen-bond acceptors (Lipinski definition) is 3. The van der Waals surface area contributed by atoms with Crippen LogP contribution in [0.15, 0.2) is 22.7 Å². The molecular formula is C14H18BrNO3. The van der Waals surface area contributed by atoms with Gasteiger partial charge in [-0.15, -0.1) is 0 Å². The summed E-state index contributed by atoms with van der Waals surface area (Å²) in [5.74, 6) is 0.580. The third kappa shape index (κ3) is 4.67. The average molecular weight is 328 g/mol. The maximum atomic E-state index is 11.8. The number of amides is 1. The van der Waals surface area contributed by atoms with E-state index in [1.165, 1.54) is 0 Å². The van der Waals surface area contributed by atoms with Gasteiger partial charge in [0.2, 0.25) is 0 Å². The Kier molecular flexibility index (Phi) is 6.02. The molecule has 0 aliphatic carbocycles. The van der Waals surface area contributed by atoms with Gasteiger partial charge in [0.25, 0.3) is 5.91 Å². The van der Waals surface area contributed by atoms with Gasteiger partial charge in [0, 0.05) is 6.54 Å². The van der Waals surface area contributed by atoms with Gasteiger partial charge in [-0.2, -0.15) is 0 Å². The molecule has 4 nitrogen and oxygen atoms in total. The largest absolute Gasteiger partial charge is 0.479 e. The molecule has 0 bridgehead atoms. The molecule has 5 heteroatoms. The number of nitrogens with one attached hydrogen (secondary N) is 1. The lowest BCUT2D eigenvalue weighted by molar-refractivity contribution is -0.127. The Labute approximate surface area is 121 Å². The zero-order valence-corrected chi connectivity index (χ0v) is 12.9. The summed E-state index contributed by atoms with van der Waals surface area (Å²) in [7, 11) is 0. The van der Waals surface area contributed by atoms with Crippen LogP contribution in [0.2, 0.25) is 0 Å². The van der Waals surface area contributed by atoms with Crippen LogP contribution in [0.25, 0.3) is 0 Å². The molecule has 0 heterocycles. The number of benzene rings is 1. The van der Waals surface area contributed by atoms with Gasteiger partial charge in [0.05, 0.1) is 10.0 Å². The lowest BCUT2D eigenvalue weighted by Gasteiger charge is -2.17. The fourth-order valence-corrected chi connectivity index (χ4v) is 1.90. The molecular weight excluding hydrogens is 310 g/mol. The monoisotopic (exact) mass is 327 g/mol. The Hall–Kier alpha value is -1.36. The number of ether oxygens (including phenoxy) is 1. The van der Waals surface area contributed by atoms with Crippen LogP contribution in [-0.4, -0.2) is 24.8 Å². The van der Waals surface area contributed by atoms with Crippen molar-refractivity contribution < 1.29 is 14.3 Å². The molecule has 0 aromatic heterocycles. The normalized spacial score (nSPS) is 12.1. The molecule has 0 fully saturated rings. The molecule has 1 N–H and O–H groups in total. The predicted molar refractivity (Wildman–Crippen MR) is 77.5 cm³/mol. The second kappa shape index (κ2) is 7.28. The summed E-state index contributed by atoms with van der Waals surface area (Å²) in [4.78, 5) is 22.8. The first-order chi connectivity index (χ1) is 8.95. The summed E-state index contributed by atoms with van der Waals surface area (Å²) in [6.07, 6.45) is 0.0508. The van der Waals surface area contributed by atoms with Crippen molar-refractivity contribution in [1.82, 2.24) is 5.32 Å². The molecule has 1 amide bonds. The van der Waals surface area contributed by atoms with Crippen LogP contribution in [0, 0.1) is 5.92 Å². The van der Waals surface area contributed by atoms with Crippen molar-refractivity contribution in [2.45, 2.75) is 26.9 Å². The lowest BCUT2D eigenvalue weighted by Crippen LogP contribution is -2.38. The highest BCUT2D eigenvalue weighted by Gasteiger charge is 2.17. The van der Waals surface area contributed by atoms with Crippen LogP contribution in [-0.2, 0) is 4.79 Å². The summed E-state index contributed by atoms with van der Waals surface area (Å²) >= 11 is 3.31. The van der Waals surface area contributed by atoms with Crippen LogP contribution >= 0.6 is 15.9 Å². The van der Waals surface area contributed by atoms with Crippen LogP contribution in [0.4, 0.5) is 0 Å². The van der Waals surface area contributed by atoms with Gasteiger partial charge in [-0.1, -0.05) is 19.9 Å². The van der Waals surface area contributed by atoms with Crippen LogP contribution < -0.4 is 10.1 Å². The molecule has 104 valence electrons. The number of halogens is 1. The maximum absolute atomic E-state index is 11.8. The van der Waals surface area contributed by atoms with Crippen LogP contribution in [0.1, 0.15) is 31.1 Å². The first kappa shape index (κ1) is 15.7. The van der Waals surface area contributed by atoms with E-state index in [2.05, 4.69) is 21.2 Å². The Balaban J connectivity index is 2.74. The van der Waals surface area contributed by atoms with Crippen molar-refractivity contribution in [2.75, 3.05) is 6.54 Å². The van der Waals surface area contributed by atoms with Crippen molar-refractivity contribution in [2.24, 2.45) is 5.92 Å². The first-order valence-electron chi connectivity index (χ1n) is 6.13. The van der Waals surface area contributed by atoms with E-state index in [0.717, 1.165) is 0 Å². The molecule has 1 rings (SSSR count). The molecule has 1 atom stereocenters. The molecule has 0 aliphatic rings. The van der Waals surface area contributed by atoms with Crippen molar-refractivity contribution >= 4 is 28.1 Å². The van der Waals surface area contributed by atoms with E-state index in [4.69, 9.17) is 4.74 Å². The second-order valence-electron chi connectivity index (χ2n) is 4.68. The first-order valence-corrected chi connectivity index (χ1v) is 6.93. The molecule has 0 radical (unpaired) electrons. The topological polar surface area (TPSA) is 55.4 Å². The zero-order valence-electron chi connectivity index (χ0n) is 11.3. The van der Waals surface area contributed by atoms with Gasteiger partial charge < -0.3 is 10.1 Å². The highest BCUT2D eigenvalue weighted by atomic mass is 79.9. The van der Waals surface area contributed by atoms with E-state index in [-0.39, 0.29) is 5.91 Å². The summed E-state index contributed by atoms with van der Waals surface area (Å²) in [5, 5.41) is 2.79. The molecule has 0 saturated heterocycles. The summed E-state index contributed by atoms with van der Waals surface area (Å²) in [6, 6.07) is 5.15. The minimum absolute atomic E-state index is 0.193. The molecule has 0 aliphatic heterocycles. The lowest BCUT2D eigenvalue weighted by atomic mass is 10.2. The molecule has 0 spiro atoms. The molecule has 1 aromatic rings. The Morgan fingerprint density at radius 3 is 2.68 bits per heavy atom. The minimum Gasteiger partial charge on any atom is -0.479 e. The minimum atomic E-state index is -0.656. The maximum Gasteiger partial charge on any atom is 0.260 e. The van der Waals surface area contributed by atoms with Crippen molar-refractivity contribution in [3.63, 3.8) is 0 Å². The Morgan fingerprint density at radius 1 is 1.42 bits per heavy atom. The number of para-hydroxylation sites is 1. The van der Waals surface area contributed by atoms with Gasteiger partial charge in [-0.3, -0.25) is 9.59 Å². The Morgan fingerprint density at radius 2 is 2.11 bits per heavy atom. The van der Waals surface area contributed by atoms with Gasteiger partial charge >= 0.3 is 0 Å². The summed E-state index contributed by atoms with van der Waals surface area (Å²) in [5.41, 5.74) is 0.415. The Bertz CT molecular complexity index is 460. The molecule has 19 heavy (non-hydrogen) atoms. The van der Waals surface area contributed by atoms with E-state index in [1.807, 2.05) is 13.8 Å². The van der Waals surface area contributed by atoms with E-state index in [9.17, 15) is 9.59 Å². The number of hydrogen-bond donors (Lipinski definition) is 1. The van der Waals surface area contributed by atoms with Gasteiger partial charge in [0.1, 0.15) is 5.75 Å². The fourth-order valence-electron chi connectivity index (χ4n) is 1.42. The smallest absolute Gasteiger partial charge is 0.260 e. The van der Waals surface area contributed by atoms with Gasteiger partial charge in [-0.25, -0.2) is 0 Å². The highest BCUT2D eigenvalue weighted by Crippen LogP contribution is 2.28. The highest BCUT2D eigenvalue weighted by molar-refractivity contribution is 9.10.